The van der Waals surface area contributed by atoms with Crippen LogP contribution >= 0.6 is 11.8 Å². The lowest BCUT2D eigenvalue weighted by atomic mass is 9.79. The molecule has 1 amide bonds. The van der Waals surface area contributed by atoms with Crippen LogP contribution in [0, 0.1) is 11.8 Å². The smallest absolute Gasteiger partial charge is 0.249 e. The Morgan fingerprint density at radius 1 is 1.21 bits per heavy atom. The van der Waals surface area contributed by atoms with Gasteiger partial charge in [-0.2, -0.15) is 0 Å². The first-order valence-electron chi connectivity index (χ1n) is 8.95. The molecule has 0 aromatic heterocycles. The monoisotopic (exact) mass is 361 g/mol. The van der Waals surface area contributed by atoms with E-state index in [0.717, 1.165) is 44.8 Å². The molecule has 4 nitrogen and oxygen atoms in total. The zero-order chi connectivity index (χ0) is 16.8. The van der Waals surface area contributed by atoms with Crippen molar-refractivity contribution in [3.8, 4) is 0 Å². The molecule has 4 fully saturated rings. The van der Waals surface area contributed by atoms with E-state index >= 15 is 0 Å². The summed E-state index contributed by atoms with van der Waals surface area (Å²) < 4.78 is 37.4. The molecule has 0 bridgehead atoms. The second-order valence-corrected chi connectivity index (χ2v) is 9.35. The molecule has 4 aliphatic rings. The fourth-order valence-electron chi connectivity index (χ4n) is 4.21. The van der Waals surface area contributed by atoms with Crippen LogP contribution in [0.4, 0.5) is 8.78 Å². The minimum Gasteiger partial charge on any atom is -0.381 e. The second kappa shape index (κ2) is 6.40. The van der Waals surface area contributed by atoms with Crippen molar-refractivity contribution in [3.63, 3.8) is 0 Å². The number of nitrogens with zero attached hydrogens (tertiary/aromatic N) is 1. The van der Waals surface area contributed by atoms with E-state index in [4.69, 9.17) is 9.47 Å². The summed E-state index contributed by atoms with van der Waals surface area (Å²) in [6.07, 6.45) is 2.88. The highest BCUT2D eigenvalue weighted by atomic mass is 32.2. The molecule has 24 heavy (non-hydrogen) atoms. The summed E-state index contributed by atoms with van der Waals surface area (Å²) in [6.45, 7) is 3.90. The highest BCUT2D eigenvalue weighted by molar-refractivity contribution is 8.01. The lowest BCUT2D eigenvalue weighted by Crippen LogP contribution is -2.63. The Kier molecular flexibility index (Phi) is 4.54. The topological polar surface area (TPSA) is 38.8 Å². The molecule has 4 rings (SSSR count). The molecule has 0 N–H and O–H groups in total. The van der Waals surface area contributed by atoms with Crippen LogP contribution in [0.3, 0.4) is 0 Å². The Morgan fingerprint density at radius 3 is 2.58 bits per heavy atom. The Hall–Kier alpha value is -0.400. The van der Waals surface area contributed by atoms with E-state index in [9.17, 15) is 13.6 Å². The first-order chi connectivity index (χ1) is 11.4. The molecular weight excluding hydrogens is 336 g/mol. The van der Waals surface area contributed by atoms with Crippen molar-refractivity contribution in [1.29, 1.82) is 0 Å². The molecule has 1 atom stereocenters. The number of hydrogen-bond donors (Lipinski definition) is 0. The molecule has 3 saturated heterocycles. The number of alkyl halides is 2. The summed E-state index contributed by atoms with van der Waals surface area (Å²) in [6, 6.07) is 0. The highest BCUT2D eigenvalue weighted by Gasteiger charge is 2.55. The van der Waals surface area contributed by atoms with Crippen molar-refractivity contribution in [2.45, 2.75) is 48.9 Å². The van der Waals surface area contributed by atoms with Crippen LogP contribution < -0.4 is 0 Å². The van der Waals surface area contributed by atoms with Crippen molar-refractivity contribution in [3.05, 3.63) is 0 Å². The zero-order valence-electron chi connectivity index (χ0n) is 13.8. The first kappa shape index (κ1) is 17.0. The molecular formula is C17H25F2NO3S. The van der Waals surface area contributed by atoms with Crippen molar-refractivity contribution < 1.29 is 23.0 Å². The van der Waals surface area contributed by atoms with Gasteiger partial charge < -0.3 is 14.4 Å². The van der Waals surface area contributed by atoms with Gasteiger partial charge in [-0.25, -0.2) is 8.78 Å². The number of likely N-dealkylation sites (tertiary alicyclic amines) is 1. The number of carbonyl (C=O) groups excluding carboxylic acids is 1. The molecule has 7 heteroatoms. The molecule has 3 aliphatic heterocycles. The third-order valence-electron chi connectivity index (χ3n) is 5.79. The molecule has 0 aromatic rings. The Morgan fingerprint density at radius 2 is 1.92 bits per heavy atom. The maximum Gasteiger partial charge on any atom is 0.249 e. The molecule has 0 unspecified atom stereocenters. The van der Waals surface area contributed by atoms with Gasteiger partial charge in [-0.05, 0) is 25.2 Å². The van der Waals surface area contributed by atoms with E-state index in [2.05, 4.69) is 0 Å². The molecule has 1 aliphatic carbocycles. The second-order valence-electron chi connectivity index (χ2n) is 7.86. The Labute approximate surface area is 145 Å². The maximum atomic E-state index is 12.9. The first-order valence-corrected chi connectivity index (χ1v) is 9.93. The number of carbonyl (C=O) groups is 1. The van der Waals surface area contributed by atoms with Crippen LogP contribution in [0.25, 0.3) is 0 Å². The normalized spacial score (nSPS) is 32.6. The number of amides is 1. The average Bonchev–Trinajstić information content (AvgIpc) is 2.94. The summed E-state index contributed by atoms with van der Waals surface area (Å²) in [5.41, 5.74) is 0. The fraction of sp³-hybridized carbons (Fsp3) is 0.941. The van der Waals surface area contributed by atoms with Gasteiger partial charge in [0.25, 0.3) is 0 Å². The van der Waals surface area contributed by atoms with E-state index in [1.165, 1.54) is 0 Å². The molecule has 3 heterocycles. The summed E-state index contributed by atoms with van der Waals surface area (Å²) >= 11 is 1.89. The molecule has 1 spiro atoms. The summed E-state index contributed by atoms with van der Waals surface area (Å²) in [5, 5.41) is 0. The van der Waals surface area contributed by atoms with Gasteiger partial charge in [-0.1, -0.05) is 0 Å². The number of halogens is 2. The van der Waals surface area contributed by atoms with E-state index < -0.39 is 11.8 Å². The van der Waals surface area contributed by atoms with Crippen molar-refractivity contribution in [1.82, 2.24) is 4.90 Å². The lowest BCUT2D eigenvalue weighted by Gasteiger charge is -2.50. The van der Waals surface area contributed by atoms with E-state index in [-0.39, 0.29) is 29.6 Å². The third kappa shape index (κ3) is 3.44. The zero-order valence-corrected chi connectivity index (χ0v) is 14.7. The maximum absolute atomic E-state index is 12.9. The highest BCUT2D eigenvalue weighted by Crippen LogP contribution is 2.49. The number of ether oxygens (including phenoxy) is 2. The van der Waals surface area contributed by atoms with Crippen molar-refractivity contribution in [2.75, 3.05) is 38.7 Å². The summed E-state index contributed by atoms with van der Waals surface area (Å²) in [5.74, 6) is -1.55. The third-order valence-corrected chi connectivity index (χ3v) is 7.37. The van der Waals surface area contributed by atoms with Crippen LogP contribution in [-0.4, -0.2) is 66.2 Å². The van der Waals surface area contributed by atoms with Crippen LogP contribution in [0.5, 0.6) is 0 Å². The van der Waals surface area contributed by atoms with E-state index in [0.29, 0.717) is 19.0 Å². The summed E-state index contributed by atoms with van der Waals surface area (Å²) in [7, 11) is 0. The molecule has 1 saturated carbocycles. The van der Waals surface area contributed by atoms with Gasteiger partial charge in [0, 0.05) is 57.4 Å². The van der Waals surface area contributed by atoms with Gasteiger partial charge in [-0.15, -0.1) is 11.8 Å². The Balaban J connectivity index is 1.18. The molecule has 0 radical (unpaired) electrons. The number of hydrogen-bond acceptors (Lipinski definition) is 4. The standard InChI is InChI=1S/C17H25F2NO3S/c18-17(19)5-13(6-17)15(21)20-10-16(11-20)7-14(9-24-16)23-8-12-1-3-22-4-2-12/h12-14H,1-11H2/t14-/m1/s1. The van der Waals surface area contributed by atoms with E-state index in [1.807, 2.05) is 11.8 Å². The van der Waals surface area contributed by atoms with Gasteiger partial charge in [0.1, 0.15) is 0 Å². The largest absolute Gasteiger partial charge is 0.381 e. The van der Waals surface area contributed by atoms with Crippen LogP contribution in [0.2, 0.25) is 0 Å². The van der Waals surface area contributed by atoms with Crippen molar-refractivity contribution >= 4 is 17.7 Å². The Bertz CT molecular complexity index is 484. The number of rotatable bonds is 4. The van der Waals surface area contributed by atoms with Gasteiger partial charge in [-0.3, -0.25) is 4.79 Å². The van der Waals surface area contributed by atoms with Crippen LogP contribution in [-0.2, 0) is 14.3 Å². The van der Waals surface area contributed by atoms with Crippen LogP contribution in [0.15, 0.2) is 0 Å². The molecule has 136 valence electrons. The average molecular weight is 361 g/mol. The predicted molar refractivity (Wildman–Crippen MR) is 87.3 cm³/mol. The van der Waals surface area contributed by atoms with Crippen LogP contribution in [0.1, 0.15) is 32.1 Å². The van der Waals surface area contributed by atoms with Gasteiger partial charge in [0.15, 0.2) is 0 Å². The van der Waals surface area contributed by atoms with E-state index in [1.54, 1.807) is 4.90 Å². The van der Waals surface area contributed by atoms with Gasteiger partial charge in [0.2, 0.25) is 11.8 Å². The minimum absolute atomic E-state index is 0.0706. The fourth-order valence-corrected chi connectivity index (χ4v) is 5.77. The van der Waals surface area contributed by atoms with Gasteiger partial charge in [0.05, 0.1) is 10.9 Å². The summed E-state index contributed by atoms with van der Waals surface area (Å²) in [4.78, 5) is 14.0. The SMILES string of the molecule is O=C(C1CC(F)(F)C1)N1CC2(C[C@@H](OCC3CCOCC3)CS2)C1. The van der Waals surface area contributed by atoms with Crippen molar-refractivity contribution in [2.24, 2.45) is 11.8 Å². The lowest BCUT2D eigenvalue weighted by molar-refractivity contribution is -0.164. The molecule has 0 aromatic carbocycles. The van der Waals surface area contributed by atoms with Gasteiger partial charge >= 0.3 is 0 Å². The minimum atomic E-state index is -2.62. The predicted octanol–water partition coefficient (Wildman–Crippen LogP) is 2.56. The number of thioether (sulfide) groups is 1. The quantitative estimate of drug-likeness (QED) is 0.771.